The molecule has 1 saturated heterocycles. The normalized spacial score (nSPS) is 38.4. The molecule has 0 aromatic rings. The number of nitrogens with zero attached hydrogens (tertiary/aromatic N) is 1. The third kappa shape index (κ3) is 4.48. The molecule has 0 spiro atoms. The molecule has 4 nitrogen and oxygen atoms in total. The fraction of sp³-hybridized carbons (Fsp3) is 0.947. The molecule has 3 unspecified atom stereocenters. The summed E-state index contributed by atoms with van der Waals surface area (Å²) in [6.07, 6.45) is 11.4. The number of carbonyl (C=O) groups is 1. The van der Waals surface area contributed by atoms with Crippen LogP contribution in [0, 0.1) is 11.8 Å². The molecule has 0 bridgehead atoms. The Labute approximate surface area is 141 Å². The fourth-order valence-corrected chi connectivity index (χ4v) is 4.67. The van der Waals surface area contributed by atoms with E-state index in [4.69, 9.17) is 10.5 Å². The first kappa shape index (κ1) is 17.2. The van der Waals surface area contributed by atoms with Gasteiger partial charge in [-0.05, 0) is 63.7 Å². The first-order valence-electron chi connectivity index (χ1n) is 9.81. The quantitative estimate of drug-likeness (QED) is 0.865. The van der Waals surface area contributed by atoms with Gasteiger partial charge in [-0.1, -0.05) is 13.3 Å². The molecule has 3 rings (SSSR count). The highest BCUT2D eigenvalue weighted by Gasteiger charge is 2.35. The maximum atomic E-state index is 13.2. The molecule has 0 aromatic carbocycles. The average molecular weight is 322 g/mol. The first-order valence-corrected chi connectivity index (χ1v) is 9.81. The molecule has 2 saturated carbocycles. The van der Waals surface area contributed by atoms with Gasteiger partial charge < -0.3 is 15.4 Å². The number of rotatable bonds is 4. The fourth-order valence-electron chi connectivity index (χ4n) is 4.67. The van der Waals surface area contributed by atoms with E-state index in [9.17, 15) is 4.79 Å². The lowest BCUT2D eigenvalue weighted by molar-refractivity contribution is -0.142. The Morgan fingerprint density at radius 3 is 2.52 bits per heavy atom. The van der Waals surface area contributed by atoms with E-state index >= 15 is 0 Å². The summed E-state index contributed by atoms with van der Waals surface area (Å²) in [5.41, 5.74) is 6.13. The molecule has 2 N–H and O–H groups in total. The zero-order valence-electron chi connectivity index (χ0n) is 14.7. The molecular weight excluding hydrogens is 288 g/mol. The highest BCUT2D eigenvalue weighted by Crippen LogP contribution is 2.32. The highest BCUT2D eigenvalue weighted by atomic mass is 16.5. The van der Waals surface area contributed by atoms with E-state index in [-0.39, 0.29) is 18.1 Å². The van der Waals surface area contributed by atoms with Crippen molar-refractivity contribution in [3.05, 3.63) is 0 Å². The molecule has 1 aliphatic heterocycles. The Balaban J connectivity index is 1.66. The Kier molecular flexibility index (Phi) is 5.97. The van der Waals surface area contributed by atoms with Crippen molar-refractivity contribution in [2.45, 2.75) is 89.3 Å². The molecule has 3 atom stereocenters. The van der Waals surface area contributed by atoms with Crippen molar-refractivity contribution in [3.63, 3.8) is 0 Å². The van der Waals surface area contributed by atoms with Gasteiger partial charge in [-0.15, -0.1) is 0 Å². The van der Waals surface area contributed by atoms with Crippen LogP contribution in [0.3, 0.4) is 0 Å². The number of nitrogens with two attached hydrogens (primary N) is 1. The Hall–Kier alpha value is -0.610. The molecular formula is C19H34N2O2. The van der Waals surface area contributed by atoms with Crippen molar-refractivity contribution in [2.75, 3.05) is 13.2 Å². The van der Waals surface area contributed by atoms with Crippen molar-refractivity contribution in [3.8, 4) is 0 Å². The standard InChI is InChI=1S/C19H34N2O2/c1-14-7-9-17(10-8-14)21(13-18-6-3-11-23-18)19(22)15-4-2-5-16(20)12-15/h14-18H,2-13,20H2,1H3. The molecule has 1 amide bonds. The van der Waals surface area contributed by atoms with Gasteiger partial charge in [-0.2, -0.15) is 0 Å². The third-order valence-corrected chi connectivity index (χ3v) is 6.20. The van der Waals surface area contributed by atoms with E-state index in [1.54, 1.807) is 0 Å². The molecule has 3 fully saturated rings. The summed E-state index contributed by atoms with van der Waals surface area (Å²) in [5, 5.41) is 0. The van der Waals surface area contributed by atoms with E-state index in [1.807, 2.05) is 0 Å². The van der Waals surface area contributed by atoms with Crippen LogP contribution in [0.25, 0.3) is 0 Å². The molecule has 0 aromatic heterocycles. The lowest BCUT2D eigenvalue weighted by atomic mass is 9.83. The molecule has 2 aliphatic carbocycles. The molecule has 3 aliphatic rings. The second-order valence-electron chi connectivity index (χ2n) is 8.16. The Morgan fingerprint density at radius 2 is 1.87 bits per heavy atom. The summed E-state index contributed by atoms with van der Waals surface area (Å²) in [6, 6.07) is 0.648. The summed E-state index contributed by atoms with van der Waals surface area (Å²) >= 11 is 0. The van der Waals surface area contributed by atoms with E-state index < -0.39 is 0 Å². The lowest BCUT2D eigenvalue weighted by Gasteiger charge is -2.40. The van der Waals surface area contributed by atoms with Gasteiger partial charge in [-0.25, -0.2) is 0 Å². The molecule has 132 valence electrons. The smallest absolute Gasteiger partial charge is 0.226 e. The van der Waals surface area contributed by atoms with Gasteiger partial charge >= 0.3 is 0 Å². The van der Waals surface area contributed by atoms with Gasteiger partial charge in [0.15, 0.2) is 0 Å². The maximum absolute atomic E-state index is 13.2. The van der Waals surface area contributed by atoms with E-state index in [0.29, 0.717) is 11.9 Å². The number of hydrogen-bond acceptors (Lipinski definition) is 3. The number of amides is 1. The second kappa shape index (κ2) is 7.98. The van der Waals surface area contributed by atoms with E-state index in [2.05, 4.69) is 11.8 Å². The van der Waals surface area contributed by atoms with Gasteiger partial charge in [-0.3, -0.25) is 4.79 Å². The average Bonchev–Trinajstić information content (AvgIpc) is 3.06. The summed E-state index contributed by atoms with van der Waals surface area (Å²) in [4.78, 5) is 15.4. The first-order chi connectivity index (χ1) is 11.1. The zero-order chi connectivity index (χ0) is 16.2. The van der Waals surface area contributed by atoms with Crippen LogP contribution in [0.2, 0.25) is 0 Å². The van der Waals surface area contributed by atoms with Gasteiger partial charge in [0, 0.05) is 31.2 Å². The molecule has 1 heterocycles. The summed E-state index contributed by atoms with van der Waals surface area (Å²) in [7, 11) is 0. The largest absolute Gasteiger partial charge is 0.376 e. The minimum atomic E-state index is 0.152. The lowest BCUT2D eigenvalue weighted by Crippen LogP contribution is -2.49. The topological polar surface area (TPSA) is 55.6 Å². The van der Waals surface area contributed by atoms with Gasteiger partial charge in [0.25, 0.3) is 0 Å². The molecule has 23 heavy (non-hydrogen) atoms. The van der Waals surface area contributed by atoms with Crippen LogP contribution in [-0.2, 0) is 9.53 Å². The van der Waals surface area contributed by atoms with Crippen LogP contribution in [0.15, 0.2) is 0 Å². The van der Waals surface area contributed by atoms with Gasteiger partial charge in [0.05, 0.1) is 6.10 Å². The third-order valence-electron chi connectivity index (χ3n) is 6.20. The number of carbonyl (C=O) groups excluding carboxylic acids is 1. The number of ether oxygens (including phenoxy) is 1. The Bertz CT molecular complexity index is 387. The minimum absolute atomic E-state index is 0.152. The second-order valence-corrected chi connectivity index (χ2v) is 8.16. The van der Waals surface area contributed by atoms with Crippen LogP contribution in [0.5, 0.6) is 0 Å². The van der Waals surface area contributed by atoms with E-state index in [1.165, 1.54) is 25.7 Å². The van der Waals surface area contributed by atoms with Crippen LogP contribution in [-0.4, -0.2) is 42.1 Å². The highest BCUT2D eigenvalue weighted by molar-refractivity contribution is 5.79. The van der Waals surface area contributed by atoms with Crippen molar-refractivity contribution in [2.24, 2.45) is 17.6 Å². The van der Waals surface area contributed by atoms with E-state index in [0.717, 1.165) is 57.6 Å². The maximum Gasteiger partial charge on any atom is 0.226 e. The molecule has 4 heteroatoms. The summed E-state index contributed by atoms with van der Waals surface area (Å²) in [5.74, 6) is 1.34. The van der Waals surface area contributed by atoms with Crippen molar-refractivity contribution >= 4 is 5.91 Å². The monoisotopic (exact) mass is 322 g/mol. The van der Waals surface area contributed by atoms with Gasteiger partial charge in [0.1, 0.15) is 0 Å². The zero-order valence-corrected chi connectivity index (χ0v) is 14.7. The predicted octanol–water partition coefficient (Wildman–Crippen LogP) is 3.09. The van der Waals surface area contributed by atoms with Crippen molar-refractivity contribution < 1.29 is 9.53 Å². The molecule has 0 radical (unpaired) electrons. The van der Waals surface area contributed by atoms with Gasteiger partial charge in [0.2, 0.25) is 5.91 Å². The number of hydrogen-bond donors (Lipinski definition) is 1. The van der Waals surface area contributed by atoms with Crippen LogP contribution in [0.1, 0.15) is 71.1 Å². The van der Waals surface area contributed by atoms with Crippen LogP contribution >= 0.6 is 0 Å². The van der Waals surface area contributed by atoms with Crippen molar-refractivity contribution in [1.82, 2.24) is 4.90 Å². The summed E-state index contributed by atoms with van der Waals surface area (Å²) < 4.78 is 5.84. The summed E-state index contributed by atoms with van der Waals surface area (Å²) in [6.45, 7) is 4.01. The van der Waals surface area contributed by atoms with Crippen molar-refractivity contribution in [1.29, 1.82) is 0 Å². The Morgan fingerprint density at radius 1 is 1.09 bits per heavy atom. The van der Waals surface area contributed by atoms with Crippen LogP contribution in [0.4, 0.5) is 0 Å². The SMILES string of the molecule is CC1CCC(N(CC2CCCO2)C(=O)C2CCCC(N)C2)CC1. The minimum Gasteiger partial charge on any atom is -0.376 e. The van der Waals surface area contributed by atoms with Crippen LogP contribution < -0.4 is 5.73 Å². The predicted molar refractivity (Wildman–Crippen MR) is 92.0 cm³/mol.